The minimum absolute atomic E-state index is 0.199. The van der Waals surface area contributed by atoms with E-state index < -0.39 is 11.7 Å². The first kappa shape index (κ1) is 21.7. The summed E-state index contributed by atoms with van der Waals surface area (Å²) in [5.41, 5.74) is 2.55. The van der Waals surface area contributed by atoms with Crippen molar-refractivity contribution in [3.8, 4) is 28.5 Å². The number of nitrogens with one attached hydrogen (secondary N) is 1. The highest BCUT2D eigenvalue weighted by molar-refractivity contribution is 5.87. The molecule has 1 aromatic heterocycles. The Bertz CT molecular complexity index is 1190. The first-order valence-corrected chi connectivity index (χ1v) is 11.3. The minimum Gasteiger partial charge on any atom is -0.490 e. The van der Waals surface area contributed by atoms with Crippen molar-refractivity contribution in [1.29, 1.82) is 0 Å². The Labute approximate surface area is 190 Å². The number of benzene rings is 2. The van der Waals surface area contributed by atoms with Crippen LogP contribution in [-0.2, 0) is 6.18 Å². The average molecular weight is 454 g/mol. The highest BCUT2D eigenvalue weighted by Gasteiger charge is 2.35. The molecule has 0 spiro atoms. The molecule has 33 heavy (non-hydrogen) atoms. The second-order valence-electron chi connectivity index (χ2n) is 8.99. The fourth-order valence-corrected chi connectivity index (χ4v) is 4.76. The molecule has 1 aliphatic heterocycles. The number of ether oxygens (including phenoxy) is 1. The third-order valence-corrected chi connectivity index (χ3v) is 6.29. The number of rotatable bonds is 5. The SMILES string of the molecule is CC(C)Oc1ccc(-c2n[nH]c(-c3ccc4c(c3)C=NC4C3CCCC3)n2)cc1C(F)(F)F. The van der Waals surface area contributed by atoms with Gasteiger partial charge in [0.1, 0.15) is 5.75 Å². The largest absolute Gasteiger partial charge is 0.490 e. The molecule has 8 heteroatoms. The number of alkyl halides is 3. The molecule has 5 rings (SSSR count). The number of hydrogen-bond acceptors (Lipinski definition) is 4. The van der Waals surface area contributed by atoms with Crippen LogP contribution in [0.1, 0.15) is 62.3 Å². The van der Waals surface area contributed by atoms with Gasteiger partial charge in [0.25, 0.3) is 0 Å². The zero-order valence-electron chi connectivity index (χ0n) is 18.5. The molecule has 1 fully saturated rings. The van der Waals surface area contributed by atoms with Gasteiger partial charge >= 0.3 is 6.18 Å². The predicted octanol–water partition coefficient (Wildman–Crippen LogP) is 6.61. The number of hydrogen-bond donors (Lipinski definition) is 1. The van der Waals surface area contributed by atoms with Crippen LogP contribution in [0.15, 0.2) is 41.4 Å². The number of halogens is 3. The summed E-state index contributed by atoms with van der Waals surface area (Å²) >= 11 is 0. The lowest BCUT2D eigenvalue weighted by Gasteiger charge is -2.17. The van der Waals surface area contributed by atoms with Crippen molar-refractivity contribution in [3.05, 3.63) is 53.1 Å². The van der Waals surface area contributed by atoms with E-state index in [1.165, 1.54) is 37.3 Å². The molecule has 5 nitrogen and oxygen atoms in total. The second-order valence-corrected chi connectivity index (χ2v) is 8.99. The van der Waals surface area contributed by atoms with Crippen molar-refractivity contribution in [2.24, 2.45) is 10.9 Å². The van der Waals surface area contributed by atoms with Crippen LogP contribution in [0.25, 0.3) is 22.8 Å². The maximum absolute atomic E-state index is 13.6. The van der Waals surface area contributed by atoms with Crippen molar-refractivity contribution in [2.45, 2.75) is 57.9 Å². The summed E-state index contributed by atoms with van der Waals surface area (Å²) in [5.74, 6) is 1.11. The van der Waals surface area contributed by atoms with E-state index in [2.05, 4.69) is 21.2 Å². The molecule has 1 unspecified atom stereocenters. The molecule has 1 atom stereocenters. The zero-order valence-corrected chi connectivity index (χ0v) is 18.5. The van der Waals surface area contributed by atoms with Crippen LogP contribution in [0.3, 0.4) is 0 Å². The lowest BCUT2D eigenvalue weighted by Crippen LogP contribution is -2.13. The van der Waals surface area contributed by atoms with Gasteiger partial charge in [-0.3, -0.25) is 10.1 Å². The molecule has 1 saturated carbocycles. The molecule has 2 aliphatic rings. The second kappa shape index (κ2) is 8.32. The Balaban J connectivity index is 1.43. The van der Waals surface area contributed by atoms with Gasteiger partial charge in [-0.2, -0.15) is 18.3 Å². The Morgan fingerprint density at radius 2 is 1.79 bits per heavy atom. The Morgan fingerprint density at radius 1 is 1.03 bits per heavy atom. The van der Waals surface area contributed by atoms with Crippen molar-refractivity contribution in [1.82, 2.24) is 15.2 Å². The summed E-state index contributed by atoms with van der Waals surface area (Å²) in [6.45, 7) is 3.37. The van der Waals surface area contributed by atoms with Crippen molar-refractivity contribution >= 4 is 6.21 Å². The number of aromatic nitrogens is 3. The van der Waals surface area contributed by atoms with E-state index in [-0.39, 0.29) is 29.3 Å². The van der Waals surface area contributed by atoms with Gasteiger partial charge in [0.2, 0.25) is 0 Å². The lowest BCUT2D eigenvalue weighted by atomic mass is 9.91. The van der Waals surface area contributed by atoms with E-state index in [1.807, 2.05) is 18.3 Å². The highest BCUT2D eigenvalue weighted by Crippen LogP contribution is 2.42. The Morgan fingerprint density at radius 3 is 2.52 bits per heavy atom. The maximum atomic E-state index is 13.6. The third-order valence-electron chi connectivity index (χ3n) is 6.29. The standard InChI is InChI=1S/C25H25F3N4O/c1-14(2)33-21-10-8-17(12-20(21)25(26,27)28)24-30-23(31-32-24)16-7-9-19-18(11-16)13-29-22(19)15-5-3-4-6-15/h7-15,22H,3-6H2,1-2H3,(H,30,31,32). The van der Waals surface area contributed by atoms with Crippen molar-refractivity contribution < 1.29 is 17.9 Å². The smallest absolute Gasteiger partial charge is 0.419 e. The fraction of sp³-hybridized carbons (Fsp3) is 0.400. The number of aliphatic imine (C=N–C) groups is 1. The summed E-state index contributed by atoms with van der Waals surface area (Å²) in [6, 6.07) is 10.2. The predicted molar refractivity (Wildman–Crippen MR) is 120 cm³/mol. The number of nitrogens with zero attached hydrogens (tertiary/aromatic N) is 3. The van der Waals surface area contributed by atoms with Gasteiger partial charge in [0, 0.05) is 17.3 Å². The lowest BCUT2D eigenvalue weighted by molar-refractivity contribution is -0.139. The average Bonchev–Trinajstić information content (AvgIpc) is 3.52. The Hall–Kier alpha value is -3.16. The van der Waals surface area contributed by atoms with Crippen LogP contribution >= 0.6 is 0 Å². The first-order valence-electron chi connectivity index (χ1n) is 11.3. The molecule has 172 valence electrons. The molecule has 1 aliphatic carbocycles. The topological polar surface area (TPSA) is 63.2 Å². The fourth-order valence-electron chi connectivity index (χ4n) is 4.76. The minimum atomic E-state index is -4.55. The van der Waals surface area contributed by atoms with E-state index in [9.17, 15) is 13.2 Å². The number of aromatic amines is 1. The Kier molecular flexibility index (Phi) is 5.46. The molecule has 1 N–H and O–H groups in total. The van der Waals surface area contributed by atoms with E-state index in [0.717, 1.165) is 17.2 Å². The van der Waals surface area contributed by atoms with Crippen LogP contribution in [0.5, 0.6) is 5.75 Å². The highest BCUT2D eigenvalue weighted by atomic mass is 19.4. The first-order chi connectivity index (χ1) is 15.8. The van der Waals surface area contributed by atoms with Gasteiger partial charge in [-0.15, -0.1) is 0 Å². The molecular formula is C25H25F3N4O. The van der Waals surface area contributed by atoms with Crippen LogP contribution in [-0.4, -0.2) is 27.5 Å². The van der Waals surface area contributed by atoms with E-state index >= 15 is 0 Å². The molecule has 2 aromatic carbocycles. The molecule has 0 bridgehead atoms. The molecule has 0 saturated heterocycles. The molecule has 0 radical (unpaired) electrons. The summed E-state index contributed by atoms with van der Waals surface area (Å²) in [7, 11) is 0. The van der Waals surface area contributed by atoms with Gasteiger partial charge in [-0.1, -0.05) is 25.0 Å². The van der Waals surface area contributed by atoms with Gasteiger partial charge < -0.3 is 4.74 Å². The van der Waals surface area contributed by atoms with Gasteiger partial charge in [0.15, 0.2) is 11.6 Å². The molecule has 2 heterocycles. The van der Waals surface area contributed by atoms with E-state index in [0.29, 0.717) is 11.7 Å². The quantitative estimate of drug-likeness (QED) is 0.472. The summed E-state index contributed by atoms with van der Waals surface area (Å²) < 4.78 is 46.1. The number of H-pyrrole nitrogens is 1. The van der Waals surface area contributed by atoms with Crippen LogP contribution in [0.2, 0.25) is 0 Å². The molecule has 3 aromatic rings. The summed E-state index contributed by atoms with van der Waals surface area (Å²) in [6.07, 6.45) is 1.97. The number of fused-ring (bicyclic) bond motifs is 1. The van der Waals surface area contributed by atoms with E-state index in [4.69, 9.17) is 9.73 Å². The maximum Gasteiger partial charge on any atom is 0.419 e. The third kappa shape index (κ3) is 4.26. The molecular weight excluding hydrogens is 429 g/mol. The van der Waals surface area contributed by atoms with Crippen molar-refractivity contribution in [2.75, 3.05) is 0 Å². The summed E-state index contributed by atoms with van der Waals surface area (Å²) in [5, 5.41) is 7.04. The van der Waals surface area contributed by atoms with Crippen LogP contribution in [0, 0.1) is 5.92 Å². The molecule has 0 amide bonds. The monoisotopic (exact) mass is 454 g/mol. The van der Waals surface area contributed by atoms with Gasteiger partial charge in [0.05, 0.1) is 17.7 Å². The van der Waals surface area contributed by atoms with Crippen molar-refractivity contribution in [3.63, 3.8) is 0 Å². The van der Waals surface area contributed by atoms with Crippen LogP contribution < -0.4 is 4.74 Å². The summed E-state index contributed by atoms with van der Waals surface area (Å²) in [4.78, 5) is 9.21. The van der Waals surface area contributed by atoms with Gasteiger partial charge in [-0.05, 0) is 68.0 Å². The zero-order chi connectivity index (χ0) is 23.2. The normalized spacial score (nSPS) is 18.3. The van der Waals surface area contributed by atoms with Crippen LogP contribution in [0.4, 0.5) is 13.2 Å². The van der Waals surface area contributed by atoms with Gasteiger partial charge in [-0.25, -0.2) is 4.98 Å². The van der Waals surface area contributed by atoms with E-state index in [1.54, 1.807) is 19.9 Å².